The molecule has 0 aliphatic heterocycles. The first-order valence-corrected chi connectivity index (χ1v) is 24.9. The van der Waals surface area contributed by atoms with Crippen LogP contribution in [0.5, 0.6) is 0 Å². The number of rotatable bonds is 46. The van der Waals surface area contributed by atoms with Crippen LogP contribution in [0.15, 0.2) is 0 Å². The summed E-state index contributed by atoms with van der Waals surface area (Å²) < 4.78 is 0. The van der Waals surface area contributed by atoms with Gasteiger partial charge in [0.2, 0.25) is 5.91 Å². The molecule has 0 saturated heterocycles. The van der Waals surface area contributed by atoms with Gasteiger partial charge >= 0.3 is 0 Å². The van der Waals surface area contributed by atoms with Crippen LogP contribution in [-0.2, 0) is 4.79 Å². The first-order valence-electron chi connectivity index (χ1n) is 24.9. The molecule has 0 radical (unpaired) electrons. The van der Waals surface area contributed by atoms with Crippen molar-refractivity contribution in [1.29, 1.82) is 0 Å². The maximum Gasteiger partial charge on any atom is 0.249 e. The minimum Gasteiger partial charge on any atom is -0.394 e. The summed E-state index contributed by atoms with van der Waals surface area (Å²) in [5, 5.41) is 43.7. The number of nitrogens with one attached hydrogen (secondary N) is 1. The monoisotopic (exact) mass is 782 g/mol. The lowest BCUT2D eigenvalue weighted by atomic mass is 9.99. The molecular formula is C49H99NO5. The fraction of sp³-hybridized carbons (Fsp3) is 0.980. The zero-order valence-electron chi connectivity index (χ0n) is 37.2. The number of amides is 1. The maximum atomic E-state index is 12.5. The smallest absolute Gasteiger partial charge is 0.249 e. The molecule has 6 nitrogen and oxygen atoms in total. The molecule has 5 N–H and O–H groups in total. The van der Waals surface area contributed by atoms with Gasteiger partial charge in [0.25, 0.3) is 0 Å². The Hall–Kier alpha value is -0.690. The number of aliphatic hydroxyl groups excluding tert-OH is 4. The van der Waals surface area contributed by atoms with Crippen LogP contribution in [0.2, 0.25) is 0 Å². The molecule has 0 aromatic heterocycles. The SMILES string of the molecule is CCCCCCCCCCCCCCCCCCCCCCCCCCCCCCCC(O)C(O)C(CO)NC(=O)C(O)CCCCCCCCCCCC. The van der Waals surface area contributed by atoms with E-state index in [9.17, 15) is 25.2 Å². The van der Waals surface area contributed by atoms with E-state index in [-0.39, 0.29) is 0 Å². The number of aliphatic hydroxyl groups is 4. The van der Waals surface area contributed by atoms with E-state index < -0.39 is 36.9 Å². The predicted molar refractivity (Wildman–Crippen MR) is 238 cm³/mol. The van der Waals surface area contributed by atoms with E-state index >= 15 is 0 Å². The zero-order chi connectivity index (χ0) is 40.3. The Morgan fingerprint density at radius 1 is 0.382 bits per heavy atom. The van der Waals surface area contributed by atoms with Crippen LogP contribution in [0.3, 0.4) is 0 Å². The van der Waals surface area contributed by atoms with Crippen molar-refractivity contribution in [2.24, 2.45) is 0 Å². The third kappa shape index (κ3) is 38.6. The van der Waals surface area contributed by atoms with Gasteiger partial charge in [0.15, 0.2) is 0 Å². The molecule has 0 spiro atoms. The Morgan fingerprint density at radius 3 is 0.873 bits per heavy atom. The van der Waals surface area contributed by atoms with E-state index in [0.717, 1.165) is 38.5 Å². The first-order chi connectivity index (χ1) is 27.0. The molecular weight excluding hydrogens is 683 g/mol. The molecule has 0 fully saturated rings. The van der Waals surface area contributed by atoms with Crippen LogP contribution >= 0.6 is 0 Å². The summed E-state index contributed by atoms with van der Waals surface area (Å²) >= 11 is 0. The molecule has 1 amide bonds. The van der Waals surface area contributed by atoms with Crippen molar-refractivity contribution < 1.29 is 25.2 Å². The van der Waals surface area contributed by atoms with Gasteiger partial charge in [0.1, 0.15) is 12.2 Å². The van der Waals surface area contributed by atoms with Crippen LogP contribution in [0.4, 0.5) is 0 Å². The molecule has 6 heteroatoms. The van der Waals surface area contributed by atoms with Crippen LogP contribution in [0, 0.1) is 0 Å². The molecule has 0 aromatic rings. The fourth-order valence-corrected chi connectivity index (χ4v) is 8.11. The minimum atomic E-state index is -1.25. The van der Waals surface area contributed by atoms with Crippen LogP contribution < -0.4 is 5.32 Å². The van der Waals surface area contributed by atoms with Crippen LogP contribution in [-0.4, -0.2) is 57.3 Å². The molecule has 0 rings (SSSR count). The number of carbonyl (C=O) groups is 1. The van der Waals surface area contributed by atoms with E-state index in [0.29, 0.717) is 12.8 Å². The second kappa shape index (κ2) is 44.4. The molecule has 0 saturated carbocycles. The first kappa shape index (κ1) is 54.3. The van der Waals surface area contributed by atoms with Gasteiger partial charge in [0, 0.05) is 0 Å². The largest absolute Gasteiger partial charge is 0.394 e. The highest BCUT2D eigenvalue weighted by Crippen LogP contribution is 2.18. The Balaban J connectivity index is 3.53. The number of unbranched alkanes of at least 4 members (excludes halogenated alkanes) is 37. The minimum absolute atomic E-state index is 0.374. The predicted octanol–water partition coefficient (Wildman–Crippen LogP) is 13.6. The Morgan fingerprint density at radius 2 is 0.618 bits per heavy atom. The molecule has 55 heavy (non-hydrogen) atoms. The average Bonchev–Trinajstić information content (AvgIpc) is 3.19. The molecule has 0 aromatic carbocycles. The quantitative estimate of drug-likeness (QED) is 0.0395. The normalized spacial score (nSPS) is 13.9. The molecule has 0 aliphatic carbocycles. The highest BCUT2D eigenvalue weighted by Gasteiger charge is 2.28. The number of carbonyl (C=O) groups excluding carboxylic acids is 1. The number of hydrogen-bond donors (Lipinski definition) is 5. The van der Waals surface area contributed by atoms with E-state index in [2.05, 4.69) is 19.2 Å². The highest BCUT2D eigenvalue weighted by molar-refractivity contribution is 5.80. The van der Waals surface area contributed by atoms with Gasteiger partial charge in [-0.15, -0.1) is 0 Å². The fourth-order valence-electron chi connectivity index (χ4n) is 8.11. The molecule has 4 unspecified atom stereocenters. The maximum absolute atomic E-state index is 12.5. The lowest BCUT2D eigenvalue weighted by Gasteiger charge is -2.27. The van der Waals surface area contributed by atoms with Gasteiger partial charge in [-0.1, -0.05) is 264 Å². The summed E-state index contributed by atoms with van der Waals surface area (Å²) in [5.74, 6) is -0.582. The molecule has 330 valence electrons. The molecule has 0 aliphatic rings. The van der Waals surface area contributed by atoms with Gasteiger partial charge < -0.3 is 25.7 Å². The Labute approximate surface area is 343 Å². The molecule has 0 heterocycles. The van der Waals surface area contributed by atoms with E-state index in [1.165, 1.54) is 212 Å². The molecule has 4 atom stereocenters. The molecule has 0 bridgehead atoms. The third-order valence-corrected chi connectivity index (χ3v) is 12.1. The lowest BCUT2D eigenvalue weighted by molar-refractivity contribution is -0.132. The van der Waals surface area contributed by atoms with Crippen molar-refractivity contribution in [3.63, 3.8) is 0 Å². The average molecular weight is 782 g/mol. The van der Waals surface area contributed by atoms with Crippen molar-refractivity contribution in [3.8, 4) is 0 Å². The topological polar surface area (TPSA) is 110 Å². The summed E-state index contributed by atoms with van der Waals surface area (Å²) in [6.07, 6.45) is 48.9. The highest BCUT2D eigenvalue weighted by atomic mass is 16.3. The van der Waals surface area contributed by atoms with E-state index in [1.54, 1.807) is 0 Å². The zero-order valence-corrected chi connectivity index (χ0v) is 37.2. The van der Waals surface area contributed by atoms with Crippen molar-refractivity contribution in [2.45, 2.75) is 301 Å². The van der Waals surface area contributed by atoms with E-state index in [4.69, 9.17) is 0 Å². The van der Waals surface area contributed by atoms with Crippen LogP contribution in [0.1, 0.15) is 277 Å². The van der Waals surface area contributed by atoms with Crippen molar-refractivity contribution in [3.05, 3.63) is 0 Å². The summed E-state index contributed by atoms with van der Waals surface area (Å²) in [7, 11) is 0. The van der Waals surface area contributed by atoms with Crippen molar-refractivity contribution >= 4 is 5.91 Å². The van der Waals surface area contributed by atoms with Crippen molar-refractivity contribution in [2.75, 3.05) is 6.61 Å². The Kier molecular flexibility index (Phi) is 43.9. The standard InChI is InChI=1S/C49H99NO5/c1-3-5-7-9-11-13-15-16-17-18-19-20-21-22-23-24-25-26-27-28-29-30-31-32-33-35-36-38-40-42-46(52)48(54)45(44-51)50-49(55)47(53)43-41-39-37-34-14-12-10-8-6-4-2/h45-48,51-54H,3-44H2,1-2H3,(H,50,55). The number of hydrogen-bond acceptors (Lipinski definition) is 5. The van der Waals surface area contributed by atoms with Gasteiger partial charge in [-0.25, -0.2) is 0 Å². The van der Waals surface area contributed by atoms with Gasteiger partial charge in [-0.05, 0) is 12.8 Å². The summed E-state index contributed by atoms with van der Waals surface area (Å²) in [6.45, 7) is 4.05. The second-order valence-electron chi connectivity index (χ2n) is 17.5. The van der Waals surface area contributed by atoms with Gasteiger partial charge in [0.05, 0.1) is 18.8 Å². The van der Waals surface area contributed by atoms with Crippen molar-refractivity contribution in [1.82, 2.24) is 5.32 Å². The van der Waals surface area contributed by atoms with Crippen LogP contribution in [0.25, 0.3) is 0 Å². The Bertz CT molecular complexity index is 751. The van der Waals surface area contributed by atoms with E-state index in [1.807, 2.05) is 0 Å². The summed E-state index contributed by atoms with van der Waals surface area (Å²) in [6, 6.07) is -0.978. The summed E-state index contributed by atoms with van der Waals surface area (Å²) in [4.78, 5) is 12.5. The van der Waals surface area contributed by atoms with Gasteiger partial charge in [-0.2, -0.15) is 0 Å². The lowest BCUT2D eigenvalue weighted by Crippen LogP contribution is -2.53. The third-order valence-electron chi connectivity index (χ3n) is 12.1. The summed E-state index contributed by atoms with van der Waals surface area (Å²) in [5.41, 5.74) is 0. The van der Waals surface area contributed by atoms with Gasteiger partial charge in [-0.3, -0.25) is 4.79 Å². The second-order valence-corrected chi connectivity index (χ2v) is 17.5.